The number of nitrogens with zero attached hydrogens (tertiary/aromatic N) is 3. The molecule has 260 valence electrons. The van der Waals surface area contributed by atoms with Crippen LogP contribution in [0.3, 0.4) is 0 Å². The number of hydrogen-bond donors (Lipinski definition) is 3. The van der Waals surface area contributed by atoms with Crippen LogP contribution in [-0.2, 0) is 19.3 Å². The van der Waals surface area contributed by atoms with Gasteiger partial charge in [0.2, 0.25) is 0 Å². The number of aromatic nitrogens is 3. The summed E-state index contributed by atoms with van der Waals surface area (Å²) in [4.78, 5) is 47.5. The molecule has 0 radical (unpaired) electrons. The van der Waals surface area contributed by atoms with Gasteiger partial charge in [0.1, 0.15) is 22.6 Å². The van der Waals surface area contributed by atoms with Gasteiger partial charge in [0, 0.05) is 29.9 Å². The Labute approximate surface area is 284 Å². The molecule has 0 saturated carbocycles. The van der Waals surface area contributed by atoms with Gasteiger partial charge in [0.25, 0.3) is 0 Å². The predicted octanol–water partition coefficient (Wildman–Crippen LogP) is 6.70. The number of carbonyl (C=O) groups excluding carboxylic acids is 3. The highest BCUT2D eigenvalue weighted by atomic mass is 32.2. The Bertz CT molecular complexity index is 1960. The van der Waals surface area contributed by atoms with Crippen LogP contribution in [0, 0.1) is 0 Å². The van der Waals surface area contributed by atoms with Gasteiger partial charge in [-0.3, -0.25) is 5.32 Å². The van der Waals surface area contributed by atoms with E-state index >= 15 is 0 Å². The van der Waals surface area contributed by atoms with Gasteiger partial charge in [-0.2, -0.15) is 0 Å². The fraction of sp³-hybridized carbons (Fsp3) is 0.353. The lowest BCUT2D eigenvalue weighted by molar-refractivity contribution is 0.00630. The number of carbonyl (C=O) groups is 3. The lowest BCUT2D eigenvalue weighted by Gasteiger charge is -2.22. The zero-order valence-corrected chi connectivity index (χ0v) is 29.6. The van der Waals surface area contributed by atoms with E-state index in [9.17, 15) is 22.8 Å². The van der Waals surface area contributed by atoms with E-state index in [0.29, 0.717) is 22.5 Å². The SMILES string of the molecule is CNC(=O)Nc1ccc(-c2cc(-c3nc(-c4ccc(S(=O)(=O)C(C)C)cc4)c(C(=O)OC(C)(C)C)nc3NC(=O)OC(C)(C)C)on2)cc1. The number of amides is 3. The molecule has 14 nitrogen and oxygen atoms in total. The van der Waals surface area contributed by atoms with Crippen LogP contribution in [0.25, 0.3) is 34.0 Å². The molecule has 0 aliphatic heterocycles. The van der Waals surface area contributed by atoms with Crippen molar-refractivity contribution in [3.05, 3.63) is 60.3 Å². The summed E-state index contributed by atoms with van der Waals surface area (Å²) in [7, 11) is -2.08. The van der Waals surface area contributed by atoms with Gasteiger partial charge in [-0.1, -0.05) is 29.4 Å². The van der Waals surface area contributed by atoms with E-state index in [4.69, 9.17) is 19.0 Å². The van der Waals surface area contributed by atoms with Crippen molar-refractivity contribution in [3.63, 3.8) is 0 Å². The molecule has 0 saturated heterocycles. The molecule has 4 rings (SSSR count). The van der Waals surface area contributed by atoms with Crippen molar-refractivity contribution in [2.75, 3.05) is 17.7 Å². The van der Waals surface area contributed by atoms with E-state index < -0.39 is 38.4 Å². The summed E-state index contributed by atoms with van der Waals surface area (Å²) in [6, 6.07) is 13.9. The molecule has 15 heteroatoms. The minimum atomic E-state index is -3.58. The zero-order valence-electron chi connectivity index (χ0n) is 28.8. The first kappa shape index (κ1) is 36.5. The standard InChI is InChI=1S/C34H40N6O8S/c1-19(2)49(44,45)23-16-12-21(13-17-23)26-28(30(41)46-33(3,4)5)38-29(39-32(43)47-34(6,7)8)27(37-26)25-18-24(40-48-25)20-10-14-22(15-11-20)36-31(42)35-9/h10-19H,1-9H3,(H2,35,36,42)(H,38,39,43). The Morgan fingerprint density at radius 1 is 0.796 bits per heavy atom. The summed E-state index contributed by atoms with van der Waals surface area (Å²) in [6.45, 7) is 13.3. The minimum absolute atomic E-state index is 0.00343. The number of nitrogens with one attached hydrogen (secondary N) is 3. The molecule has 0 fully saturated rings. The van der Waals surface area contributed by atoms with Gasteiger partial charge >= 0.3 is 18.1 Å². The molecule has 2 aromatic heterocycles. The quantitative estimate of drug-likeness (QED) is 0.166. The maximum absolute atomic E-state index is 13.6. The van der Waals surface area contributed by atoms with Crippen molar-refractivity contribution in [1.29, 1.82) is 0 Å². The molecule has 0 bridgehead atoms. The van der Waals surface area contributed by atoms with Crippen molar-refractivity contribution >= 4 is 39.4 Å². The molecule has 0 aliphatic carbocycles. The Morgan fingerprint density at radius 2 is 1.39 bits per heavy atom. The molecule has 49 heavy (non-hydrogen) atoms. The van der Waals surface area contributed by atoms with Crippen LogP contribution in [0.1, 0.15) is 65.9 Å². The van der Waals surface area contributed by atoms with Gasteiger partial charge < -0.3 is 24.6 Å². The van der Waals surface area contributed by atoms with Gasteiger partial charge in [-0.05, 0) is 79.7 Å². The Balaban J connectivity index is 1.89. The first-order valence-electron chi connectivity index (χ1n) is 15.3. The summed E-state index contributed by atoms with van der Waals surface area (Å²) < 4.78 is 42.4. The highest BCUT2D eigenvalue weighted by Gasteiger charge is 2.29. The summed E-state index contributed by atoms with van der Waals surface area (Å²) in [5.41, 5.74) is -0.0410. The smallest absolute Gasteiger partial charge is 0.413 e. The summed E-state index contributed by atoms with van der Waals surface area (Å²) in [5.74, 6) is -0.931. The Morgan fingerprint density at radius 3 is 1.94 bits per heavy atom. The van der Waals surface area contributed by atoms with Crippen LogP contribution in [0.15, 0.2) is 64.0 Å². The van der Waals surface area contributed by atoms with Crippen LogP contribution in [0.4, 0.5) is 21.1 Å². The van der Waals surface area contributed by atoms with E-state index in [0.717, 1.165) is 0 Å². The molecule has 4 aromatic rings. The number of urea groups is 1. The average molecular weight is 693 g/mol. The maximum atomic E-state index is 13.6. The topological polar surface area (TPSA) is 192 Å². The van der Waals surface area contributed by atoms with Crippen LogP contribution in [-0.4, -0.2) is 65.1 Å². The van der Waals surface area contributed by atoms with Crippen LogP contribution in [0.5, 0.6) is 0 Å². The highest BCUT2D eigenvalue weighted by Crippen LogP contribution is 2.34. The third-order valence-electron chi connectivity index (χ3n) is 6.59. The molecule has 2 heterocycles. The van der Waals surface area contributed by atoms with Gasteiger partial charge in [-0.25, -0.2) is 32.8 Å². The Kier molecular flexibility index (Phi) is 10.5. The van der Waals surface area contributed by atoms with Crippen molar-refractivity contribution in [2.45, 2.75) is 76.7 Å². The average Bonchev–Trinajstić information content (AvgIpc) is 3.49. The largest absolute Gasteiger partial charge is 0.455 e. The maximum Gasteiger partial charge on any atom is 0.413 e. The zero-order chi connectivity index (χ0) is 36.3. The molecular formula is C34H40N6O8S. The second-order valence-corrected chi connectivity index (χ2v) is 15.7. The van der Waals surface area contributed by atoms with E-state index in [1.54, 1.807) is 85.7 Å². The molecule has 3 amide bonds. The minimum Gasteiger partial charge on any atom is -0.455 e. The highest BCUT2D eigenvalue weighted by molar-refractivity contribution is 7.92. The van der Waals surface area contributed by atoms with Crippen LogP contribution < -0.4 is 16.0 Å². The number of ether oxygens (including phenoxy) is 2. The molecule has 2 aromatic carbocycles. The first-order valence-corrected chi connectivity index (χ1v) is 16.9. The summed E-state index contributed by atoms with van der Waals surface area (Å²) in [6.07, 6.45) is -0.867. The van der Waals surface area contributed by atoms with Gasteiger partial charge in [0.05, 0.1) is 10.1 Å². The normalized spacial score (nSPS) is 12.0. The number of anilines is 2. The third-order valence-corrected chi connectivity index (χ3v) is 8.76. The second kappa shape index (κ2) is 14.0. The Hall–Kier alpha value is -5.31. The molecule has 0 unspecified atom stereocenters. The molecule has 3 N–H and O–H groups in total. The number of esters is 1. The summed E-state index contributed by atoms with van der Waals surface area (Å²) in [5, 5.41) is 11.2. The van der Waals surface area contributed by atoms with Crippen LogP contribution >= 0.6 is 0 Å². The molecule has 0 spiro atoms. The summed E-state index contributed by atoms with van der Waals surface area (Å²) >= 11 is 0. The molecule has 0 aliphatic rings. The van der Waals surface area contributed by atoms with Crippen molar-refractivity contribution in [2.24, 2.45) is 0 Å². The van der Waals surface area contributed by atoms with Crippen molar-refractivity contribution in [1.82, 2.24) is 20.4 Å². The van der Waals surface area contributed by atoms with E-state index in [1.165, 1.54) is 31.3 Å². The molecular weight excluding hydrogens is 652 g/mol. The third kappa shape index (κ3) is 9.19. The van der Waals surface area contributed by atoms with Crippen molar-refractivity contribution in [3.8, 4) is 34.0 Å². The second-order valence-electron chi connectivity index (χ2n) is 13.2. The van der Waals surface area contributed by atoms with E-state index in [-0.39, 0.29) is 39.6 Å². The van der Waals surface area contributed by atoms with E-state index in [1.807, 2.05) is 0 Å². The predicted molar refractivity (Wildman–Crippen MR) is 184 cm³/mol. The number of hydrogen-bond acceptors (Lipinski definition) is 11. The van der Waals surface area contributed by atoms with Crippen molar-refractivity contribution < 1.29 is 36.8 Å². The monoisotopic (exact) mass is 692 g/mol. The lowest BCUT2D eigenvalue weighted by atomic mass is 10.1. The van der Waals surface area contributed by atoms with E-state index in [2.05, 4.69) is 26.1 Å². The van der Waals surface area contributed by atoms with Gasteiger partial charge in [-0.15, -0.1) is 0 Å². The number of benzene rings is 2. The molecule has 0 atom stereocenters. The number of sulfone groups is 1. The number of rotatable bonds is 8. The lowest BCUT2D eigenvalue weighted by Crippen LogP contribution is -2.29. The van der Waals surface area contributed by atoms with Crippen LogP contribution in [0.2, 0.25) is 0 Å². The first-order chi connectivity index (χ1) is 22.8. The van der Waals surface area contributed by atoms with Gasteiger partial charge in [0.15, 0.2) is 32.8 Å². The fourth-order valence-corrected chi connectivity index (χ4v) is 5.34. The fourth-order valence-electron chi connectivity index (χ4n) is 4.28.